The SMILES string of the molecule is O=CC(NC(=O)c1ccc(F)c(O)c1)c1ccc(-c2cc(F)c(F)c(F)c2)cc1. The smallest absolute Gasteiger partial charge is 0.252 e. The zero-order valence-electron chi connectivity index (χ0n) is 14.6. The normalized spacial score (nSPS) is 11.7. The van der Waals surface area contributed by atoms with Crippen molar-refractivity contribution < 1.29 is 32.3 Å². The minimum atomic E-state index is -1.57. The molecule has 0 radical (unpaired) electrons. The van der Waals surface area contributed by atoms with E-state index < -0.39 is 41.0 Å². The highest BCUT2D eigenvalue weighted by Gasteiger charge is 2.17. The standard InChI is InChI=1S/C21H13F4NO3/c22-15-6-5-13(9-19(15)28)21(29)26-18(10-27)12-3-1-11(2-4-12)14-7-16(23)20(25)17(24)8-14/h1-10,18,28H,(H,26,29). The Kier molecular flexibility index (Phi) is 5.63. The van der Waals surface area contributed by atoms with Crippen LogP contribution in [-0.2, 0) is 4.79 Å². The summed E-state index contributed by atoms with van der Waals surface area (Å²) in [4.78, 5) is 23.6. The van der Waals surface area contributed by atoms with Crippen LogP contribution in [-0.4, -0.2) is 17.3 Å². The second-order valence-electron chi connectivity index (χ2n) is 6.13. The van der Waals surface area contributed by atoms with Crippen molar-refractivity contribution in [2.45, 2.75) is 6.04 Å². The first-order valence-corrected chi connectivity index (χ1v) is 8.29. The van der Waals surface area contributed by atoms with E-state index in [-0.39, 0.29) is 11.1 Å². The zero-order valence-corrected chi connectivity index (χ0v) is 14.6. The van der Waals surface area contributed by atoms with E-state index in [4.69, 9.17) is 0 Å². The molecule has 0 spiro atoms. The number of hydrogen-bond acceptors (Lipinski definition) is 3. The molecule has 1 unspecified atom stereocenters. The lowest BCUT2D eigenvalue weighted by Gasteiger charge is -2.14. The Labute approximate surface area is 162 Å². The van der Waals surface area contributed by atoms with Crippen LogP contribution < -0.4 is 5.32 Å². The minimum Gasteiger partial charge on any atom is -0.505 e. The molecule has 2 N–H and O–H groups in total. The molecular weight excluding hydrogens is 390 g/mol. The third-order valence-corrected chi connectivity index (χ3v) is 4.22. The molecule has 29 heavy (non-hydrogen) atoms. The van der Waals surface area contributed by atoms with Crippen molar-refractivity contribution in [2.75, 3.05) is 0 Å². The average Bonchev–Trinajstić information content (AvgIpc) is 2.71. The average molecular weight is 403 g/mol. The van der Waals surface area contributed by atoms with Gasteiger partial charge in [0, 0.05) is 5.56 Å². The van der Waals surface area contributed by atoms with Gasteiger partial charge in [-0.2, -0.15) is 0 Å². The molecule has 3 aromatic rings. The van der Waals surface area contributed by atoms with E-state index in [2.05, 4.69) is 5.32 Å². The maximum Gasteiger partial charge on any atom is 0.252 e. The monoisotopic (exact) mass is 403 g/mol. The number of benzene rings is 3. The Morgan fingerprint density at radius 3 is 2.03 bits per heavy atom. The number of nitrogens with one attached hydrogen (secondary N) is 1. The maximum atomic E-state index is 13.4. The molecule has 8 heteroatoms. The van der Waals surface area contributed by atoms with E-state index in [1.807, 2.05) is 0 Å². The van der Waals surface area contributed by atoms with Crippen LogP contribution in [0.4, 0.5) is 17.6 Å². The van der Waals surface area contributed by atoms with Gasteiger partial charge in [-0.3, -0.25) is 4.79 Å². The number of amides is 1. The first-order chi connectivity index (χ1) is 13.8. The van der Waals surface area contributed by atoms with Crippen molar-refractivity contribution >= 4 is 12.2 Å². The fourth-order valence-corrected chi connectivity index (χ4v) is 2.68. The van der Waals surface area contributed by atoms with Crippen LogP contribution in [0.25, 0.3) is 11.1 Å². The summed E-state index contributed by atoms with van der Waals surface area (Å²) in [7, 11) is 0. The van der Waals surface area contributed by atoms with Gasteiger partial charge in [-0.15, -0.1) is 0 Å². The van der Waals surface area contributed by atoms with Crippen molar-refractivity contribution in [3.05, 3.63) is 89.0 Å². The van der Waals surface area contributed by atoms with Crippen molar-refractivity contribution in [3.63, 3.8) is 0 Å². The Morgan fingerprint density at radius 2 is 1.48 bits per heavy atom. The van der Waals surface area contributed by atoms with Crippen molar-refractivity contribution in [1.29, 1.82) is 0 Å². The topological polar surface area (TPSA) is 66.4 Å². The van der Waals surface area contributed by atoms with Crippen LogP contribution in [0, 0.1) is 23.3 Å². The number of phenols is 1. The van der Waals surface area contributed by atoms with Crippen molar-refractivity contribution in [2.24, 2.45) is 0 Å². The molecule has 0 aliphatic carbocycles. The van der Waals surface area contributed by atoms with E-state index in [1.54, 1.807) is 0 Å². The fourth-order valence-electron chi connectivity index (χ4n) is 2.68. The predicted octanol–water partition coefficient (Wildman–Crippen LogP) is 4.29. The molecule has 3 rings (SSSR count). The number of aromatic hydroxyl groups is 1. The lowest BCUT2D eigenvalue weighted by molar-refractivity contribution is -0.109. The predicted molar refractivity (Wildman–Crippen MR) is 96.1 cm³/mol. The van der Waals surface area contributed by atoms with E-state index >= 15 is 0 Å². The van der Waals surface area contributed by atoms with Gasteiger partial charge >= 0.3 is 0 Å². The number of carbonyl (C=O) groups is 2. The molecule has 0 aromatic heterocycles. The highest BCUT2D eigenvalue weighted by molar-refractivity contribution is 5.96. The van der Waals surface area contributed by atoms with Crippen LogP contribution in [0.5, 0.6) is 5.75 Å². The zero-order chi connectivity index (χ0) is 21.1. The molecule has 1 amide bonds. The van der Waals surface area contributed by atoms with Gasteiger partial charge in [0.2, 0.25) is 0 Å². The third-order valence-electron chi connectivity index (χ3n) is 4.22. The first kappa shape index (κ1) is 20.1. The van der Waals surface area contributed by atoms with Crippen molar-refractivity contribution in [1.82, 2.24) is 5.32 Å². The molecule has 3 aromatic carbocycles. The number of hydrogen-bond donors (Lipinski definition) is 2. The summed E-state index contributed by atoms with van der Waals surface area (Å²) in [5, 5.41) is 11.8. The van der Waals surface area contributed by atoms with Gasteiger partial charge in [0.25, 0.3) is 5.91 Å². The number of aldehydes is 1. The summed E-state index contributed by atoms with van der Waals surface area (Å²) in [5.41, 5.74) is 0.781. The van der Waals surface area contributed by atoms with Crippen LogP contribution in [0.15, 0.2) is 54.6 Å². The summed E-state index contributed by atoms with van der Waals surface area (Å²) in [6.07, 6.45) is 0.466. The molecule has 0 bridgehead atoms. The second-order valence-corrected chi connectivity index (χ2v) is 6.13. The van der Waals surface area contributed by atoms with Gasteiger partial charge in [-0.25, -0.2) is 17.6 Å². The van der Waals surface area contributed by atoms with Gasteiger partial charge in [0.05, 0.1) is 0 Å². The largest absolute Gasteiger partial charge is 0.505 e. The molecule has 0 aliphatic rings. The highest BCUT2D eigenvalue weighted by atomic mass is 19.2. The van der Waals surface area contributed by atoms with Gasteiger partial charge < -0.3 is 15.2 Å². The van der Waals surface area contributed by atoms with Crippen LogP contribution in [0.3, 0.4) is 0 Å². The molecule has 0 fully saturated rings. The molecule has 0 saturated carbocycles. The summed E-state index contributed by atoms with van der Waals surface area (Å²) in [5.74, 6) is -6.54. The molecular formula is C21H13F4NO3. The Bertz CT molecular complexity index is 1060. The number of halogens is 4. The molecule has 0 aliphatic heterocycles. The molecule has 148 valence electrons. The van der Waals surface area contributed by atoms with E-state index in [0.717, 1.165) is 30.3 Å². The number of carbonyl (C=O) groups excluding carboxylic acids is 2. The van der Waals surface area contributed by atoms with Crippen LogP contribution >= 0.6 is 0 Å². The highest BCUT2D eigenvalue weighted by Crippen LogP contribution is 2.25. The summed E-state index contributed by atoms with van der Waals surface area (Å²) in [6.45, 7) is 0. The number of phenolic OH excluding ortho intramolecular Hbond substituents is 1. The van der Waals surface area contributed by atoms with Crippen molar-refractivity contribution in [3.8, 4) is 16.9 Å². The molecule has 1 atom stereocenters. The summed E-state index contributed by atoms with van der Waals surface area (Å²) >= 11 is 0. The summed E-state index contributed by atoms with van der Waals surface area (Å²) in [6, 6.07) is 9.41. The van der Waals surface area contributed by atoms with Gasteiger partial charge in [0.1, 0.15) is 12.3 Å². The first-order valence-electron chi connectivity index (χ1n) is 8.29. The van der Waals surface area contributed by atoms with E-state index in [0.29, 0.717) is 17.4 Å². The second kappa shape index (κ2) is 8.14. The van der Waals surface area contributed by atoms with Crippen LogP contribution in [0.2, 0.25) is 0 Å². The number of rotatable bonds is 5. The van der Waals surface area contributed by atoms with E-state index in [9.17, 15) is 32.3 Å². The van der Waals surface area contributed by atoms with Gasteiger partial charge in [-0.05, 0) is 47.0 Å². The van der Waals surface area contributed by atoms with Crippen LogP contribution in [0.1, 0.15) is 22.0 Å². The minimum absolute atomic E-state index is 0.0513. The Hall–Kier alpha value is -3.68. The molecule has 0 saturated heterocycles. The lowest BCUT2D eigenvalue weighted by Crippen LogP contribution is -2.29. The summed E-state index contributed by atoms with van der Waals surface area (Å²) < 4.78 is 53.0. The fraction of sp³-hybridized carbons (Fsp3) is 0.0476. The van der Waals surface area contributed by atoms with Gasteiger partial charge in [0.15, 0.2) is 29.0 Å². The molecule has 0 heterocycles. The Balaban J connectivity index is 1.81. The van der Waals surface area contributed by atoms with E-state index in [1.165, 1.54) is 24.3 Å². The Morgan fingerprint density at radius 1 is 0.862 bits per heavy atom. The van der Waals surface area contributed by atoms with Gasteiger partial charge in [-0.1, -0.05) is 24.3 Å². The molecule has 4 nitrogen and oxygen atoms in total. The lowest BCUT2D eigenvalue weighted by atomic mass is 10.0. The third kappa shape index (κ3) is 4.26. The quantitative estimate of drug-likeness (QED) is 0.380. The maximum absolute atomic E-state index is 13.4.